The van der Waals surface area contributed by atoms with E-state index in [-0.39, 0.29) is 5.92 Å². The topological polar surface area (TPSA) is 15.3 Å². The summed E-state index contributed by atoms with van der Waals surface area (Å²) in [6.45, 7) is 16.2. The molecular weight excluding hydrogens is 335 g/mol. The lowest BCUT2D eigenvalue weighted by Crippen LogP contribution is -2.45. The Hall–Kier alpha value is -0.800. The molecule has 0 bridgehead atoms. The molecule has 1 fully saturated rings. The molecule has 1 N–H and O–H groups in total. The van der Waals surface area contributed by atoms with Crippen molar-refractivity contribution in [3.05, 3.63) is 35.0 Å². The minimum Gasteiger partial charge on any atom is -0.385 e. The molecule has 0 radical (unpaired) electrons. The summed E-state index contributed by atoms with van der Waals surface area (Å²) in [6.07, 6.45) is 6.19. The summed E-state index contributed by atoms with van der Waals surface area (Å²) in [4.78, 5) is 2.28. The standard InChI is InChI=1S/C21H34ClFN2/c1-15-6-7-18(22)12-19(15)16(2)24-13-17-8-10-25(14-20(17)23)11-9-21(3,4)5/h7,12,15,17,20,24H,2,6,8-11,13-14H2,1,3-5H3. The fourth-order valence-electron chi connectivity index (χ4n) is 3.45. The molecule has 0 spiro atoms. The molecule has 2 nitrogen and oxygen atoms in total. The van der Waals surface area contributed by atoms with Crippen molar-refractivity contribution in [3.63, 3.8) is 0 Å². The Morgan fingerprint density at radius 1 is 1.44 bits per heavy atom. The molecular formula is C21H34ClFN2. The highest BCUT2D eigenvalue weighted by Crippen LogP contribution is 2.29. The van der Waals surface area contributed by atoms with Gasteiger partial charge in [-0.1, -0.05) is 52.0 Å². The monoisotopic (exact) mass is 368 g/mol. The molecule has 1 heterocycles. The van der Waals surface area contributed by atoms with Crippen molar-refractivity contribution in [2.45, 2.75) is 53.1 Å². The van der Waals surface area contributed by atoms with Crippen molar-refractivity contribution in [3.8, 4) is 0 Å². The molecule has 2 aliphatic rings. The van der Waals surface area contributed by atoms with Gasteiger partial charge in [0.15, 0.2) is 0 Å². The molecule has 25 heavy (non-hydrogen) atoms. The number of nitrogens with one attached hydrogen (secondary N) is 1. The lowest BCUT2D eigenvalue weighted by molar-refractivity contribution is 0.0781. The van der Waals surface area contributed by atoms with Gasteiger partial charge in [-0.15, -0.1) is 0 Å². The molecule has 1 saturated heterocycles. The van der Waals surface area contributed by atoms with E-state index in [1.54, 1.807) is 0 Å². The van der Waals surface area contributed by atoms with Gasteiger partial charge in [0, 0.05) is 29.7 Å². The average molecular weight is 369 g/mol. The van der Waals surface area contributed by atoms with Crippen LogP contribution in [-0.4, -0.2) is 37.3 Å². The highest BCUT2D eigenvalue weighted by atomic mass is 35.5. The first-order chi connectivity index (χ1) is 11.7. The van der Waals surface area contributed by atoms with Crippen LogP contribution >= 0.6 is 11.6 Å². The molecule has 142 valence electrons. The van der Waals surface area contributed by atoms with Crippen LogP contribution in [-0.2, 0) is 0 Å². The van der Waals surface area contributed by atoms with Crippen LogP contribution in [0, 0.1) is 17.3 Å². The third-order valence-electron chi connectivity index (χ3n) is 5.36. The number of halogens is 2. The third kappa shape index (κ3) is 6.45. The van der Waals surface area contributed by atoms with Gasteiger partial charge in [-0.25, -0.2) is 4.39 Å². The Morgan fingerprint density at radius 3 is 2.80 bits per heavy atom. The zero-order chi connectivity index (χ0) is 18.6. The summed E-state index contributed by atoms with van der Waals surface area (Å²) in [5.41, 5.74) is 2.34. The van der Waals surface area contributed by atoms with Gasteiger partial charge in [0.2, 0.25) is 0 Å². The molecule has 3 unspecified atom stereocenters. The average Bonchev–Trinajstić information content (AvgIpc) is 2.53. The van der Waals surface area contributed by atoms with Crippen LogP contribution in [0.5, 0.6) is 0 Å². The second-order valence-electron chi connectivity index (χ2n) is 8.86. The normalized spacial score (nSPS) is 28.3. The summed E-state index contributed by atoms with van der Waals surface area (Å²) >= 11 is 6.12. The fraction of sp³-hybridized carbons (Fsp3) is 0.714. The molecule has 1 aliphatic carbocycles. The van der Waals surface area contributed by atoms with E-state index in [1.807, 2.05) is 12.2 Å². The molecule has 0 aromatic rings. The number of rotatable bonds is 6. The number of hydrogen-bond acceptors (Lipinski definition) is 2. The maximum atomic E-state index is 14.6. The van der Waals surface area contributed by atoms with Gasteiger partial charge in [0.1, 0.15) is 6.17 Å². The smallest absolute Gasteiger partial charge is 0.117 e. The number of likely N-dealkylation sites (tertiary alicyclic amines) is 1. The van der Waals surface area contributed by atoms with E-state index in [1.165, 1.54) is 0 Å². The Kier molecular flexibility index (Phi) is 7.16. The van der Waals surface area contributed by atoms with Crippen molar-refractivity contribution >= 4 is 11.6 Å². The van der Waals surface area contributed by atoms with Crippen molar-refractivity contribution in [2.24, 2.45) is 17.3 Å². The van der Waals surface area contributed by atoms with Crippen LogP contribution in [0.15, 0.2) is 35.0 Å². The van der Waals surface area contributed by atoms with Gasteiger partial charge in [0.25, 0.3) is 0 Å². The number of piperidine rings is 1. The van der Waals surface area contributed by atoms with Gasteiger partial charge in [-0.05, 0) is 55.3 Å². The van der Waals surface area contributed by atoms with E-state index in [2.05, 4.69) is 44.5 Å². The molecule has 0 amide bonds. The van der Waals surface area contributed by atoms with Crippen LogP contribution in [0.1, 0.15) is 47.0 Å². The summed E-state index contributed by atoms with van der Waals surface area (Å²) < 4.78 is 14.6. The molecule has 0 aromatic carbocycles. The minimum absolute atomic E-state index is 0.0631. The first-order valence-electron chi connectivity index (χ1n) is 9.52. The van der Waals surface area contributed by atoms with Crippen molar-refractivity contribution in [1.29, 1.82) is 0 Å². The summed E-state index contributed by atoms with van der Waals surface area (Å²) in [5.74, 6) is 0.469. The lowest BCUT2D eigenvalue weighted by atomic mass is 9.89. The molecule has 3 atom stereocenters. The SMILES string of the molecule is C=C(NCC1CCN(CCC(C)(C)C)CC1F)C1=CC(Cl)=CCC1C. The Balaban J connectivity index is 1.79. The highest BCUT2D eigenvalue weighted by molar-refractivity contribution is 6.31. The van der Waals surface area contributed by atoms with E-state index in [0.29, 0.717) is 24.4 Å². The number of alkyl halides is 1. The van der Waals surface area contributed by atoms with Gasteiger partial charge >= 0.3 is 0 Å². The number of allylic oxidation sites excluding steroid dienone is 4. The molecule has 1 aliphatic heterocycles. The lowest BCUT2D eigenvalue weighted by Gasteiger charge is -2.36. The summed E-state index contributed by atoms with van der Waals surface area (Å²) in [5, 5.41) is 4.14. The van der Waals surface area contributed by atoms with Gasteiger partial charge in [-0.3, -0.25) is 0 Å². The van der Waals surface area contributed by atoms with E-state index in [9.17, 15) is 4.39 Å². The molecule has 2 rings (SSSR count). The Bertz CT molecular complexity index is 533. The first-order valence-corrected chi connectivity index (χ1v) is 9.90. The van der Waals surface area contributed by atoms with E-state index < -0.39 is 6.17 Å². The van der Waals surface area contributed by atoms with Crippen LogP contribution < -0.4 is 5.32 Å². The summed E-state index contributed by atoms with van der Waals surface area (Å²) in [6, 6.07) is 0. The van der Waals surface area contributed by atoms with Crippen LogP contribution in [0.3, 0.4) is 0 Å². The molecule has 4 heteroatoms. The molecule has 0 saturated carbocycles. The Labute approximate surface area is 158 Å². The number of hydrogen-bond donors (Lipinski definition) is 1. The van der Waals surface area contributed by atoms with Crippen LogP contribution in [0.2, 0.25) is 0 Å². The van der Waals surface area contributed by atoms with E-state index in [0.717, 1.165) is 48.7 Å². The zero-order valence-electron chi connectivity index (χ0n) is 16.2. The predicted octanol–water partition coefficient (Wildman–Crippen LogP) is 5.27. The van der Waals surface area contributed by atoms with Crippen molar-refractivity contribution < 1.29 is 4.39 Å². The van der Waals surface area contributed by atoms with E-state index >= 15 is 0 Å². The van der Waals surface area contributed by atoms with Gasteiger partial charge < -0.3 is 10.2 Å². The second-order valence-corrected chi connectivity index (χ2v) is 9.30. The zero-order valence-corrected chi connectivity index (χ0v) is 17.0. The van der Waals surface area contributed by atoms with Crippen molar-refractivity contribution in [2.75, 3.05) is 26.2 Å². The van der Waals surface area contributed by atoms with E-state index in [4.69, 9.17) is 11.6 Å². The predicted molar refractivity (Wildman–Crippen MR) is 106 cm³/mol. The Morgan fingerprint density at radius 2 is 2.16 bits per heavy atom. The largest absolute Gasteiger partial charge is 0.385 e. The quantitative estimate of drug-likeness (QED) is 0.686. The second kappa shape index (κ2) is 8.73. The number of nitrogens with zero attached hydrogens (tertiary/aromatic N) is 1. The van der Waals surface area contributed by atoms with Gasteiger partial charge in [0.05, 0.1) is 0 Å². The van der Waals surface area contributed by atoms with Crippen LogP contribution in [0.25, 0.3) is 0 Å². The maximum Gasteiger partial charge on any atom is 0.117 e. The third-order valence-corrected chi connectivity index (χ3v) is 5.62. The van der Waals surface area contributed by atoms with Gasteiger partial charge in [-0.2, -0.15) is 0 Å². The summed E-state index contributed by atoms with van der Waals surface area (Å²) in [7, 11) is 0. The fourth-order valence-corrected chi connectivity index (χ4v) is 3.66. The van der Waals surface area contributed by atoms with Crippen molar-refractivity contribution in [1.82, 2.24) is 10.2 Å². The minimum atomic E-state index is -0.768. The van der Waals surface area contributed by atoms with Crippen LogP contribution in [0.4, 0.5) is 4.39 Å². The highest BCUT2D eigenvalue weighted by Gasteiger charge is 2.29. The maximum absolute atomic E-state index is 14.6. The first kappa shape index (κ1) is 20.5. The molecule has 0 aromatic heterocycles.